The minimum absolute atomic E-state index is 0.114. The van der Waals surface area contributed by atoms with Gasteiger partial charge in [0.05, 0.1) is 31.0 Å². The summed E-state index contributed by atoms with van der Waals surface area (Å²) in [5.41, 5.74) is 0.991. The summed E-state index contributed by atoms with van der Waals surface area (Å²) in [6, 6.07) is 3.68. The van der Waals surface area contributed by atoms with Gasteiger partial charge in [0.1, 0.15) is 5.76 Å². The minimum Gasteiger partial charge on any atom is -0.479 e. The van der Waals surface area contributed by atoms with Gasteiger partial charge < -0.3 is 18.8 Å². The van der Waals surface area contributed by atoms with Crippen molar-refractivity contribution in [2.75, 3.05) is 7.11 Å². The Balaban J connectivity index is 2.29. The standard InChI is InChI=1S/C15H17N3O3/c1-20-15(19)13-14(16)18(9-10-5-4-8-21-10)12-7-3-2-6-11(12)17-13/h4-5,7-8,16,19H,2-3,6,9H2,1H3/b15-13-,16-14?. The number of fused-ring (bicyclic) bond motifs is 1. The molecule has 0 saturated heterocycles. The second kappa shape index (κ2) is 5.47. The van der Waals surface area contributed by atoms with Crippen LogP contribution in [0, 0.1) is 5.41 Å². The van der Waals surface area contributed by atoms with Crippen molar-refractivity contribution >= 4 is 12.0 Å². The molecule has 0 unspecified atom stereocenters. The van der Waals surface area contributed by atoms with Crippen molar-refractivity contribution < 1.29 is 14.3 Å². The van der Waals surface area contributed by atoms with Crippen LogP contribution in [-0.4, -0.2) is 21.8 Å². The molecule has 1 aliphatic rings. The van der Waals surface area contributed by atoms with Crippen LogP contribution in [0.25, 0.3) is 12.0 Å². The number of hydrogen-bond donors (Lipinski definition) is 2. The maximum Gasteiger partial charge on any atom is 0.307 e. The number of ether oxygens (including phenoxy) is 1. The Morgan fingerprint density at radius 3 is 3.14 bits per heavy atom. The molecular weight excluding hydrogens is 270 g/mol. The van der Waals surface area contributed by atoms with E-state index in [4.69, 9.17) is 14.6 Å². The molecule has 1 aliphatic carbocycles. The number of methoxy groups -OCH3 is 1. The fourth-order valence-corrected chi connectivity index (χ4v) is 2.54. The van der Waals surface area contributed by atoms with Crippen LogP contribution in [0.4, 0.5) is 0 Å². The van der Waals surface area contributed by atoms with Crippen LogP contribution in [0.1, 0.15) is 24.3 Å². The van der Waals surface area contributed by atoms with Crippen LogP contribution in [-0.2, 0) is 17.7 Å². The quantitative estimate of drug-likeness (QED) is 0.855. The van der Waals surface area contributed by atoms with Crippen LogP contribution >= 0.6 is 0 Å². The maximum absolute atomic E-state index is 9.83. The zero-order valence-electron chi connectivity index (χ0n) is 11.8. The SMILES string of the molecule is CO/C(O)=c1\nc2c(n(Cc3ccco3)c1=N)=CCCC2. The maximum atomic E-state index is 9.83. The molecule has 0 radical (unpaired) electrons. The van der Waals surface area contributed by atoms with Crippen LogP contribution in [0.3, 0.4) is 0 Å². The summed E-state index contributed by atoms with van der Waals surface area (Å²) >= 11 is 0. The van der Waals surface area contributed by atoms with Crippen molar-refractivity contribution in [3.05, 3.63) is 46.0 Å². The van der Waals surface area contributed by atoms with Gasteiger partial charge in [0, 0.05) is 0 Å². The number of aryl methyl sites for hydroxylation is 1. The fourth-order valence-electron chi connectivity index (χ4n) is 2.54. The summed E-state index contributed by atoms with van der Waals surface area (Å²) in [4.78, 5) is 4.39. The number of aliphatic hydroxyl groups is 1. The zero-order valence-corrected chi connectivity index (χ0v) is 11.8. The van der Waals surface area contributed by atoms with Crippen molar-refractivity contribution in [3.8, 4) is 0 Å². The Bertz CT molecular complexity index is 819. The van der Waals surface area contributed by atoms with Crippen molar-refractivity contribution in [2.45, 2.75) is 25.8 Å². The predicted octanol–water partition coefficient (Wildman–Crippen LogP) is 0.391. The lowest BCUT2D eigenvalue weighted by Crippen LogP contribution is -2.49. The van der Waals surface area contributed by atoms with Gasteiger partial charge in [-0.2, -0.15) is 0 Å². The van der Waals surface area contributed by atoms with Crippen LogP contribution in [0.2, 0.25) is 0 Å². The topological polar surface area (TPSA) is 84.3 Å². The highest BCUT2D eigenvalue weighted by Crippen LogP contribution is 2.05. The summed E-state index contributed by atoms with van der Waals surface area (Å²) < 4.78 is 12.0. The van der Waals surface area contributed by atoms with E-state index in [0.717, 1.165) is 36.1 Å². The highest BCUT2D eigenvalue weighted by molar-refractivity contribution is 5.28. The summed E-state index contributed by atoms with van der Waals surface area (Å²) in [5, 5.41) is 19.2. The van der Waals surface area contributed by atoms with E-state index in [0.29, 0.717) is 6.54 Å². The molecule has 0 fully saturated rings. The average molecular weight is 287 g/mol. The first-order valence-electron chi connectivity index (χ1n) is 6.85. The van der Waals surface area contributed by atoms with Crippen molar-refractivity contribution in [1.29, 1.82) is 5.41 Å². The third kappa shape index (κ3) is 2.44. The molecule has 0 aliphatic heterocycles. The smallest absolute Gasteiger partial charge is 0.307 e. The van der Waals surface area contributed by atoms with Crippen LogP contribution < -0.4 is 16.2 Å². The summed E-state index contributed by atoms with van der Waals surface area (Å²) in [6.45, 7) is 0.428. The highest BCUT2D eigenvalue weighted by Gasteiger charge is 2.13. The third-order valence-corrected chi connectivity index (χ3v) is 3.57. The van der Waals surface area contributed by atoms with Gasteiger partial charge in [-0.1, -0.05) is 6.08 Å². The van der Waals surface area contributed by atoms with Crippen molar-refractivity contribution in [2.24, 2.45) is 0 Å². The predicted molar refractivity (Wildman–Crippen MR) is 75.6 cm³/mol. The van der Waals surface area contributed by atoms with Gasteiger partial charge in [-0.15, -0.1) is 0 Å². The minimum atomic E-state index is -0.332. The van der Waals surface area contributed by atoms with E-state index < -0.39 is 0 Å². The monoisotopic (exact) mass is 287 g/mol. The van der Waals surface area contributed by atoms with Crippen molar-refractivity contribution in [1.82, 2.24) is 9.55 Å². The average Bonchev–Trinajstić information content (AvgIpc) is 3.02. The molecule has 2 aromatic heterocycles. The number of hydrogen-bond acceptors (Lipinski definition) is 5. The second-order valence-electron chi connectivity index (χ2n) is 4.91. The molecule has 0 aromatic carbocycles. The van der Waals surface area contributed by atoms with E-state index in [1.165, 1.54) is 7.11 Å². The molecule has 110 valence electrons. The Morgan fingerprint density at radius 1 is 1.57 bits per heavy atom. The van der Waals surface area contributed by atoms with E-state index in [1.807, 2.05) is 12.1 Å². The summed E-state index contributed by atoms with van der Waals surface area (Å²) in [5.74, 6) is 0.422. The van der Waals surface area contributed by atoms with Gasteiger partial charge in [-0.25, -0.2) is 4.98 Å². The first-order valence-corrected chi connectivity index (χ1v) is 6.85. The molecule has 0 amide bonds. The molecular formula is C15H17N3O3. The lowest BCUT2D eigenvalue weighted by atomic mass is 10.1. The van der Waals surface area contributed by atoms with Gasteiger partial charge in [0.15, 0.2) is 10.8 Å². The third-order valence-electron chi connectivity index (χ3n) is 3.57. The molecule has 6 nitrogen and oxygen atoms in total. The van der Waals surface area contributed by atoms with E-state index in [9.17, 15) is 5.11 Å². The molecule has 0 atom stereocenters. The Labute approximate surface area is 121 Å². The summed E-state index contributed by atoms with van der Waals surface area (Å²) in [7, 11) is 1.36. The molecule has 6 heteroatoms. The molecule has 2 heterocycles. The lowest BCUT2D eigenvalue weighted by molar-refractivity contribution is 0.228. The normalized spacial score (nSPS) is 15.1. The molecule has 21 heavy (non-hydrogen) atoms. The fraction of sp³-hybridized carbons (Fsp3) is 0.333. The molecule has 0 bridgehead atoms. The molecule has 2 aromatic rings. The van der Waals surface area contributed by atoms with Gasteiger partial charge in [-0.3, -0.25) is 5.41 Å². The van der Waals surface area contributed by atoms with Gasteiger partial charge >= 0.3 is 5.95 Å². The van der Waals surface area contributed by atoms with E-state index in [-0.39, 0.29) is 16.8 Å². The highest BCUT2D eigenvalue weighted by atomic mass is 16.6. The number of aliphatic hydroxyl groups excluding tert-OH is 1. The number of nitrogens with zero attached hydrogens (tertiary/aromatic N) is 2. The van der Waals surface area contributed by atoms with Gasteiger partial charge in [0.2, 0.25) is 0 Å². The Morgan fingerprint density at radius 2 is 2.43 bits per heavy atom. The van der Waals surface area contributed by atoms with Crippen molar-refractivity contribution in [3.63, 3.8) is 0 Å². The molecule has 2 N–H and O–H groups in total. The molecule has 0 saturated carbocycles. The second-order valence-corrected chi connectivity index (χ2v) is 4.91. The molecule has 3 rings (SSSR count). The van der Waals surface area contributed by atoms with Crippen LogP contribution in [0.15, 0.2) is 22.8 Å². The van der Waals surface area contributed by atoms with Gasteiger partial charge in [-0.05, 0) is 31.4 Å². The largest absolute Gasteiger partial charge is 0.479 e. The Hall–Kier alpha value is -2.50. The van der Waals surface area contributed by atoms with Gasteiger partial charge in [0.25, 0.3) is 0 Å². The number of furan rings is 1. The van der Waals surface area contributed by atoms with E-state index >= 15 is 0 Å². The van der Waals surface area contributed by atoms with Crippen LogP contribution in [0.5, 0.6) is 0 Å². The zero-order chi connectivity index (χ0) is 14.8. The number of nitrogens with one attached hydrogen (secondary N) is 1. The number of rotatable bonds is 3. The van der Waals surface area contributed by atoms with E-state index in [1.54, 1.807) is 10.8 Å². The first kappa shape index (κ1) is 13.5. The summed E-state index contributed by atoms with van der Waals surface area (Å²) in [6.07, 6.45) is 6.50. The first-order chi connectivity index (χ1) is 10.2. The molecule has 0 spiro atoms. The lowest BCUT2D eigenvalue weighted by Gasteiger charge is -2.14. The number of aromatic nitrogens is 2. The van der Waals surface area contributed by atoms with E-state index in [2.05, 4.69) is 11.1 Å². The Kier molecular flexibility index (Phi) is 3.51.